The number of hydrogen-bond acceptors (Lipinski definition) is 0. The van der Waals surface area contributed by atoms with Gasteiger partial charge in [0, 0.05) is 0 Å². The zero-order valence-electron chi connectivity index (χ0n) is 11.6. The average molecular weight is 311 g/mol. The van der Waals surface area contributed by atoms with Crippen molar-refractivity contribution in [1.82, 2.24) is 0 Å². The van der Waals surface area contributed by atoms with Crippen molar-refractivity contribution < 1.29 is 4.39 Å². The molecule has 0 saturated carbocycles. The van der Waals surface area contributed by atoms with Crippen LogP contribution in [0.15, 0.2) is 36.4 Å². The van der Waals surface area contributed by atoms with E-state index in [-0.39, 0.29) is 10.4 Å². The maximum atomic E-state index is 13.2. The molecule has 2 aromatic carbocycles. The van der Waals surface area contributed by atoms with Crippen molar-refractivity contribution in [2.75, 3.05) is 0 Å². The van der Waals surface area contributed by atoms with Gasteiger partial charge in [-0.3, -0.25) is 0 Å². The minimum atomic E-state index is -0.421. The molecule has 0 aromatic heterocycles. The fourth-order valence-corrected chi connectivity index (χ4v) is 2.80. The highest BCUT2D eigenvalue weighted by Crippen LogP contribution is 2.32. The summed E-state index contributed by atoms with van der Waals surface area (Å²) in [5, 5.41) is -0.210. The van der Waals surface area contributed by atoms with Gasteiger partial charge in [0.15, 0.2) is 0 Å². The van der Waals surface area contributed by atoms with E-state index in [9.17, 15) is 4.39 Å². The van der Waals surface area contributed by atoms with Gasteiger partial charge in [-0.2, -0.15) is 0 Å². The molecule has 0 saturated heterocycles. The highest BCUT2D eigenvalue weighted by molar-refractivity contribution is 6.31. The van der Waals surface area contributed by atoms with Crippen molar-refractivity contribution in [3.63, 3.8) is 0 Å². The molecule has 0 fully saturated rings. The van der Waals surface area contributed by atoms with E-state index in [0.717, 1.165) is 24.0 Å². The summed E-state index contributed by atoms with van der Waals surface area (Å²) >= 11 is 12.3. The van der Waals surface area contributed by atoms with Gasteiger partial charge < -0.3 is 0 Å². The van der Waals surface area contributed by atoms with E-state index in [1.165, 1.54) is 17.2 Å². The molecule has 0 amide bonds. The van der Waals surface area contributed by atoms with Gasteiger partial charge in [-0.1, -0.05) is 49.7 Å². The summed E-state index contributed by atoms with van der Waals surface area (Å²) in [6, 6.07) is 10.9. The van der Waals surface area contributed by atoms with Crippen LogP contribution in [-0.2, 0) is 12.8 Å². The van der Waals surface area contributed by atoms with Crippen LogP contribution < -0.4 is 0 Å². The maximum absolute atomic E-state index is 13.2. The molecule has 0 spiro atoms. The van der Waals surface area contributed by atoms with Crippen LogP contribution in [0.2, 0.25) is 5.02 Å². The first kappa shape index (κ1) is 15.3. The molecule has 3 heteroatoms. The molecular weight excluding hydrogens is 294 g/mol. The quantitative estimate of drug-likeness (QED) is 0.614. The zero-order valence-corrected chi connectivity index (χ0v) is 13.1. The molecule has 2 aromatic rings. The second-order valence-corrected chi connectivity index (χ2v) is 5.61. The Kier molecular flexibility index (Phi) is 5.06. The first-order chi connectivity index (χ1) is 9.56. The minimum absolute atomic E-state index is 0.106. The number of aryl methyl sites for hydroxylation is 2. The number of rotatable bonds is 4. The fourth-order valence-electron chi connectivity index (χ4n) is 2.34. The number of halogens is 3. The van der Waals surface area contributed by atoms with E-state index in [1.807, 2.05) is 6.07 Å². The Morgan fingerprint density at radius 3 is 2.15 bits per heavy atom. The highest BCUT2D eigenvalue weighted by Gasteiger charge is 2.14. The third kappa shape index (κ3) is 3.16. The summed E-state index contributed by atoms with van der Waals surface area (Å²) < 4.78 is 13.2. The van der Waals surface area contributed by atoms with Crippen LogP contribution in [0, 0.1) is 5.82 Å². The summed E-state index contributed by atoms with van der Waals surface area (Å²) in [5.74, 6) is -0.421. The van der Waals surface area contributed by atoms with Crippen LogP contribution in [0.25, 0.3) is 0 Å². The van der Waals surface area contributed by atoms with Gasteiger partial charge in [0.1, 0.15) is 5.82 Å². The molecule has 0 aliphatic carbocycles. The van der Waals surface area contributed by atoms with Crippen LogP contribution in [0.1, 0.15) is 41.5 Å². The first-order valence-corrected chi connectivity index (χ1v) is 7.59. The lowest BCUT2D eigenvalue weighted by atomic mass is 9.96. The predicted molar refractivity (Wildman–Crippen MR) is 84.3 cm³/mol. The van der Waals surface area contributed by atoms with Gasteiger partial charge in [0.05, 0.1) is 10.4 Å². The number of hydrogen-bond donors (Lipinski definition) is 0. The molecule has 20 heavy (non-hydrogen) atoms. The van der Waals surface area contributed by atoms with Gasteiger partial charge in [-0.15, -0.1) is 11.6 Å². The molecule has 0 aliphatic heterocycles. The smallest absolute Gasteiger partial charge is 0.141 e. The second-order valence-electron chi connectivity index (χ2n) is 4.77. The van der Waals surface area contributed by atoms with E-state index >= 15 is 0 Å². The van der Waals surface area contributed by atoms with Gasteiger partial charge in [-0.25, -0.2) is 4.39 Å². The van der Waals surface area contributed by atoms with Crippen molar-refractivity contribution in [2.24, 2.45) is 0 Å². The van der Waals surface area contributed by atoms with Crippen LogP contribution >= 0.6 is 23.2 Å². The van der Waals surface area contributed by atoms with Crippen LogP contribution in [-0.4, -0.2) is 0 Å². The van der Waals surface area contributed by atoms with Gasteiger partial charge in [0.2, 0.25) is 0 Å². The normalized spacial score (nSPS) is 12.4. The lowest BCUT2D eigenvalue weighted by Crippen LogP contribution is -1.98. The summed E-state index contributed by atoms with van der Waals surface area (Å²) in [5.41, 5.74) is 4.48. The molecule has 0 bridgehead atoms. The van der Waals surface area contributed by atoms with Gasteiger partial charge in [-0.05, 0) is 47.2 Å². The third-order valence-corrected chi connectivity index (χ3v) is 4.31. The van der Waals surface area contributed by atoms with Crippen molar-refractivity contribution in [3.8, 4) is 0 Å². The molecule has 0 aliphatic rings. The van der Waals surface area contributed by atoms with E-state index in [4.69, 9.17) is 23.2 Å². The third-order valence-electron chi connectivity index (χ3n) is 3.52. The monoisotopic (exact) mass is 310 g/mol. The Hall–Kier alpha value is -1.05. The SMILES string of the molecule is CCc1ccc(C(Cl)c2ccc(F)c(Cl)c2)cc1CC. The van der Waals surface area contributed by atoms with Crippen molar-refractivity contribution in [3.05, 3.63) is 69.5 Å². The summed E-state index contributed by atoms with van der Waals surface area (Å²) in [4.78, 5) is 0. The van der Waals surface area contributed by atoms with Crippen molar-refractivity contribution in [2.45, 2.75) is 32.1 Å². The number of benzene rings is 2. The van der Waals surface area contributed by atoms with Crippen LogP contribution in [0.3, 0.4) is 0 Å². The lowest BCUT2D eigenvalue weighted by Gasteiger charge is -2.14. The van der Waals surface area contributed by atoms with E-state index in [1.54, 1.807) is 12.1 Å². The molecule has 0 N–H and O–H groups in total. The average Bonchev–Trinajstić information content (AvgIpc) is 2.48. The molecule has 2 rings (SSSR count). The summed E-state index contributed by atoms with van der Waals surface area (Å²) in [6.45, 7) is 4.28. The lowest BCUT2D eigenvalue weighted by molar-refractivity contribution is 0.627. The standard InChI is InChI=1S/C17H17Cl2F/c1-3-11-5-6-13(9-12(11)4-2)17(19)14-7-8-16(20)15(18)10-14/h5-10,17H,3-4H2,1-2H3. The minimum Gasteiger partial charge on any atom is -0.205 e. The van der Waals surface area contributed by atoms with Crippen LogP contribution in [0.5, 0.6) is 0 Å². The van der Waals surface area contributed by atoms with Gasteiger partial charge in [0.25, 0.3) is 0 Å². The number of alkyl halides is 1. The Balaban J connectivity index is 2.37. The Labute approximate surface area is 129 Å². The van der Waals surface area contributed by atoms with E-state index < -0.39 is 5.82 Å². The van der Waals surface area contributed by atoms with Crippen molar-refractivity contribution in [1.29, 1.82) is 0 Å². The molecule has 1 unspecified atom stereocenters. The Morgan fingerprint density at radius 1 is 0.950 bits per heavy atom. The fraction of sp³-hybridized carbons (Fsp3) is 0.294. The molecular formula is C17H17Cl2F. The van der Waals surface area contributed by atoms with Gasteiger partial charge >= 0.3 is 0 Å². The highest BCUT2D eigenvalue weighted by atomic mass is 35.5. The Morgan fingerprint density at radius 2 is 1.55 bits per heavy atom. The molecule has 106 valence electrons. The zero-order chi connectivity index (χ0) is 14.7. The van der Waals surface area contributed by atoms with Crippen LogP contribution in [0.4, 0.5) is 4.39 Å². The molecule has 0 nitrogen and oxygen atoms in total. The maximum Gasteiger partial charge on any atom is 0.141 e. The van der Waals surface area contributed by atoms with Crippen molar-refractivity contribution >= 4 is 23.2 Å². The second kappa shape index (κ2) is 6.60. The summed E-state index contributed by atoms with van der Waals surface area (Å²) in [6.07, 6.45) is 1.99. The topological polar surface area (TPSA) is 0 Å². The predicted octanol–water partition coefficient (Wildman–Crippen LogP) is 5.93. The largest absolute Gasteiger partial charge is 0.205 e. The summed E-state index contributed by atoms with van der Waals surface area (Å²) in [7, 11) is 0. The van der Waals surface area contributed by atoms with E-state index in [2.05, 4.69) is 26.0 Å². The molecule has 1 atom stereocenters. The molecule has 0 heterocycles. The Bertz CT molecular complexity index is 608. The molecule has 0 radical (unpaired) electrons. The van der Waals surface area contributed by atoms with E-state index in [0.29, 0.717) is 0 Å². The first-order valence-electron chi connectivity index (χ1n) is 6.77.